The molecule has 4 nitrogen and oxygen atoms in total. The summed E-state index contributed by atoms with van der Waals surface area (Å²) in [6.45, 7) is 6.99. The van der Waals surface area contributed by atoms with E-state index in [9.17, 15) is 5.11 Å². The van der Waals surface area contributed by atoms with E-state index in [0.29, 0.717) is 5.75 Å². The molecule has 19 heavy (non-hydrogen) atoms. The van der Waals surface area contributed by atoms with Gasteiger partial charge in [-0.05, 0) is 38.5 Å². The molecule has 0 bridgehead atoms. The number of aromatic nitrogens is 2. The number of aromatic hydroxyl groups is 1. The van der Waals surface area contributed by atoms with Crippen LogP contribution in [0.5, 0.6) is 5.75 Å². The Balaban J connectivity index is 2.07. The maximum Gasteiger partial charge on any atom is 0.115 e. The van der Waals surface area contributed by atoms with Crippen molar-refractivity contribution in [2.75, 3.05) is 0 Å². The maximum atomic E-state index is 9.45. The second kappa shape index (κ2) is 5.45. The molecule has 0 saturated heterocycles. The highest BCUT2D eigenvalue weighted by atomic mass is 16.3. The molecule has 0 aliphatic carbocycles. The van der Waals surface area contributed by atoms with Crippen LogP contribution in [0.3, 0.4) is 0 Å². The topological polar surface area (TPSA) is 50.1 Å². The summed E-state index contributed by atoms with van der Waals surface area (Å²) in [6, 6.07) is 7.56. The molecule has 0 radical (unpaired) electrons. The Morgan fingerprint density at radius 3 is 2.68 bits per heavy atom. The average Bonchev–Trinajstić information content (AvgIpc) is 2.61. The minimum absolute atomic E-state index is 0.232. The summed E-state index contributed by atoms with van der Waals surface area (Å²) in [5, 5.41) is 17.4. The first-order chi connectivity index (χ1) is 8.99. The van der Waals surface area contributed by atoms with E-state index < -0.39 is 0 Å². The molecule has 0 aliphatic heterocycles. The molecule has 0 spiro atoms. The summed E-state index contributed by atoms with van der Waals surface area (Å²) < 4.78 is 1.91. The van der Waals surface area contributed by atoms with E-state index >= 15 is 0 Å². The van der Waals surface area contributed by atoms with Crippen LogP contribution >= 0.6 is 0 Å². The SMILES string of the molecule is Cc1nn(C)c(C)c1[C@H](C)NCc1cccc(O)c1. The van der Waals surface area contributed by atoms with Crippen LogP contribution in [-0.4, -0.2) is 14.9 Å². The van der Waals surface area contributed by atoms with Gasteiger partial charge < -0.3 is 10.4 Å². The lowest BCUT2D eigenvalue weighted by Gasteiger charge is -2.15. The van der Waals surface area contributed by atoms with Crippen LogP contribution < -0.4 is 5.32 Å². The first-order valence-corrected chi connectivity index (χ1v) is 6.50. The van der Waals surface area contributed by atoms with Gasteiger partial charge in [-0.25, -0.2) is 0 Å². The van der Waals surface area contributed by atoms with E-state index in [4.69, 9.17) is 0 Å². The zero-order valence-corrected chi connectivity index (χ0v) is 11.9. The van der Waals surface area contributed by atoms with Crippen LogP contribution in [0.4, 0.5) is 0 Å². The van der Waals surface area contributed by atoms with Gasteiger partial charge in [0.15, 0.2) is 0 Å². The fourth-order valence-corrected chi connectivity index (χ4v) is 2.46. The molecule has 2 rings (SSSR count). The summed E-state index contributed by atoms with van der Waals surface area (Å²) in [5.41, 5.74) is 4.58. The Morgan fingerprint density at radius 1 is 1.37 bits per heavy atom. The van der Waals surface area contributed by atoms with Gasteiger partial charge in [-0.1, -0.05) is 12.1 Å². The van der Waals surface area contributed by atoms with Crippen molar-refractivity contribution in [3.63, 3.8) is 0 Å². The largest absolute Gasteiger partial charge is 0.508 e. The van der Waals surface area contributed by atoms with E-state index in [1.165, 1.54) is 11.3 Å². The standard InChI is InChI=1S/C15H21N3O/c1-10(15-11(2)17-18(4)12(15)3)16-9-13-6-5-7-14(19)8-13/h5-8,10,16,19H,9H2,1-4H3/t10-/m0/s1. The molecule has 4 heteroatoms. The lowest BCUT2D eigenvalue weighted by atomic mass is 10.1. The molecule has 0 amide bonds. The Hall–Kier alpha value is -1.81. The van der Waals surface area contributed by atoms with Crippen molar-refractivity contribution >= 4 is 0 Å². The van der Waals surface area contributed by atoms with Gasteiger partial charge in [0.2, 0.25) is 0 Å². The number of hydrogen-bond donors (Lipinski definition) is 2. The van der Waals surface area contributed by atoms with Gasteiger partial charge in [0.05, 0.1) is 5.69 Å². The first kappa shape index (κ1) is 13.6. The molecule has 0 unspecified atom stereocenters. The Bertz CT molecular complexity index is 575. The third kappa shape index (κ3) is 2.96. The van der Waals surface area contributed by atoms with Crippen molar-refractivity contribution in [2.24, 2.45) is 7.05 Å². The van der Waals surface area contributed by atoms with E-state index in [0.717, 1.165) is 17.8 Å². The van der Waals surface area contributed by atoms with Gasteiger partial charge in [0.1, 0.15) is 5.75 Å². The molecule has 0 aliphatic rings. The number of nitrogens with one attached hydrogen (secondary N) is 1. The van der Waals surface area contributed by atoms with Crippen molar-refractivity contribution in [3.8, 4) is 5.75 Å². The summed E-state index contributed by atoms with van der Waals surface area (Å²) in [6.07, 6.45) is 0. The molecular formula is C15H21N3O. The van der Waals surface area contributed by atoms with Crippen LogP contribution in [0.2, 0.25) is 0 Å². The van der Waals surface area contributed by atoms with Gasteiger partial charge in [-0.2, -0.15) is 5.10 Å². The minimum atomic E-state index is 0.232. The number of benzene rings is 1. The molecule has 1 atom stereocenters. The lowest BCUT2D eigenvalue weighted by molar-refractivity contribution is 0.473. The normalized spacial score (nSPS) is 12.6. The summed E-state index contributed by atoms with van der Waals surface area (Å²) in [5.74, 6) is 0.306. The highest BCUT2D eigenvalue weighted by Gasteiger charge is 2.15. The highest BCUT2D eigenvalue weighted by Crippen LogP contribution is 2.21. The molecule has 0 fully saturated rings. The van der Waals surface area contributed by atoms with Crippen LogP contribution in [0.15, 0.2) is 24.3 Å². The molecule has 1 aromatic carbocycles. The van der Waals surface area contributed by atoms with E-state index in [2.05, 4.69) is 24.3 Å². The summed E-state index contributed by atoms with van der Waals surface area (Å²) in [4.78, 5) is 0. The van der Waals surface area contributed by atoms with E-state index in [-0.39, 0.29) is 6.04 Å². The summed E-state index contributed by atoms with van der Waals surface area (Å²) in [7, 11) is 1.97. The van der Waals surface area contributed by atoms with Crippen LogP contribution in [0, 0.1) is 13.8 Å². The van der Waals surface area contributed by atoms with Crippen LogP contribution in [0.1, 0.15) is 35.5 Å². The quantitative estimate of drug-likeness (QED) is 0.887. The molecule has 102 valence electrons. The molecule has 2 N–H and O–H groups in total. The molecule has 2 aromatic rings. The number of phenolic OH excluding ortho intramolecular Hbond substituents is 1. The lowest BCUT2D eigenvalue weighted by Crippen LogP contribution is -2.19. The fourth-order valence-electron chi connectivity index (χ4n) is 2.46. The monoisotopic (exact) mass is 259 g/mol. The van der Waals surface area contributed by atoms with Crippen LogP contribution in [-0.2, 0) is 13.6 Å². The summed E-state index contributed by atoms with van der Waals surface area (Å²) >= 11 is 0. The minimum Gasteiger partial charge on any atom is -0.508 e. The smallest absolute Gasteiger partial charge is 0.115 e. The van der Waals surface area contributed by atoms with E-state index in [1.807, 2.05) is 30.8 Å². The number of aryl methyl sites for hydroxylation is 2. The predicted molar refractivity (Wildman–Crippen MR) is 76.0 cm³/mol. The average molecular weight is 259 g/mol. The maximum absolute atomic E-state index is 9.45. The Morgan fingerprint density at radius 2 is 2.11 bits per heavy atom. The van der Waals surface area contributed by atoms with Gasteiger partial charge >= 0.3 is 0 Å². The number of hydrogen-bond acceptors (Lipinski definition) is 3. The van der Waals surface area contributed by atoms with Crippen molar-refractivity contribution in [1.29, 1.82) is 0 Å². The van der Waals surface area contributed by atoms with Crippen LogP contribution in [0.25, 0.3) is 0 Å². The van der Waals surface area contributed by atoms with Gasteiger partial charge in [0.25, 0.3) is 0 Å². The van der Waals surface area contributed by atoms with Crippen molar-refractivity contribution in [2.45, 2.75) is 33.4 Å². The third-order valence-corrected chi connectivity index (χ3v) is 3.52. The van der Waals surface area contributed by atoms with Gasteiger partial charge in [-0.15, -0.1) is 0 Å². The van der Waals surface area contributed by atoms with Crippen molar-refractivity contribution in [3.05, 3.63) is 46.8 Å². The third-order valence-electron chi connectivity index (χ3n) is 3.52. The Labute approximate surface area is 114 Å². The zero-order valence-electron chi connectivity index (χ0n) is 11.9. The van der Waals surface area contributed by atoms with Gasteiger partial charge in [-0.3, -0.25) is 4.68 Å². The number of phenols is 1. The van der Waals surface area contributed by atoms with Gasteiger partial charge in [0, 0.05) is 30.9 Å². The highest BCUT2D eigenvalue weighted by molar-refractivity contribution is 5.29. The molecular weight excluding hydrogens is 238 g/mol. The van der Waals surface area contributed by atoms with Crippen molar-refractivity contribution in [1.82, 2.24) is 15.1 Å². The molecule has 1 heterocycles. The van der Waals surface area contributed by atoms with Crippen molar-refractivity contribution < 1.29 is 5.11 Å². The van der Waals surface area contributed by atoms with E-state index in [1.54, 1.807) is 12.1 Å². The second-order valence-corrected chi connectivity index (χ2v) is 4.98. The molecule has 0 saturated carbocycles. The predicted octanol–water partition coefficient (Wildman–Crippen LogP) is 2.59. The number of rotatable bonds is 4. The first-order valence-electron chi connectivity index (χ1n) is 6.50. The number of nitrogens with zero attached hydrogens (tertiary/aromatic N) is 2. The zero-order chi connectivity index (χ0) is 14.0. The second-order valence-electron chi connectivity index (χ2n) is 4.98. The Kier molecular flexibility index (Phi) is 3.90. The molecule has 1 aromatic heterocycles. The fraction of sp³-hybridized carbons (Fsp3) is 0.400.